The molecule has 14 nitrogen and oxygen atoms in total. The number of carbonyl (C=O) groups excluding carboxylic acids is 1. The lowest BCUT2D eigenvalue weighted by Gasteiger charge is -2.46. The Labute approximate surface area is 394 Å². The fourth-order valence-electron chi connectivity index (χ4n) is 6.98. The summed E-state index contributed by atoms with van der Waals surface area (Å²) >= 11 is 0. The van der Waals surface area contributed by atoms with Gasteiger partial charge in [0.15, 0.2) is 12.6 Å². The predicted molar refractivity (Wildman–Crippen MR) is 258 cm³/mol. The van der Waals surface area contributed by atoms with E-state index in [1.54, 1.807) is 6.08 Å². The molecule has 2 rings (SSSR count). The largest absolute Gasteiger partial charge is 0.394 e. The van der Waals surface area contributed by atoms with E-state index in [1.807, 2.05) is 6.08 Å². The van der Waals surface area contributed by atoms with Gasteiger partial charge in [-0.1, -0.05) is 130 Å². The summed E-state index contributed by atoms with van der Waals surface area (Å²) in [6, 6.07) is -0.967. The first kappa shape index (κ1) is 58.8. The fourth-order valence-corrected chi connectivity index (χ4v) is 6.98. The summed E-state index contributed by atoms with van der Waals surface area (Å²) in [5.74, 6) is -0.305. The molecule has 0 aromatic carbocycles. The van der Waals surface area contributed by atoms with Gasteiger partial charge in [0, 0.05) is 6.42 Å². The van der Waals surface area contributed by atoms with Gasteiger partial charge in [-0.05, 0) is 89.9 Å². The van der Waals surface area contributed by atoms with Crippen LogP contribution in [0.2, 0.25) is 0 Å². The van der Waals surface area contributed by atoms with E-state index in [1.165, 1.54) is 0 Å². The molecule has 0 bridgehead atoms. The summed E-state index contributed by atoms with van der Waals surface area (Å²) in [6.07, 6.45) is 34.3. The van der Waals surface area contributed by atoms with Crippen molar-refractivity contribution in [2.24, 2.45) is 0 Å². The maximum Gasteiger partial charge on any atom is 0.220 e. The molecule has 2 aliphatic heterocycles. The summed E-state index contributed by atoms with van der Waals surface area (Å²) in [7, 11) is 0. The second-order valence-electron chi connectivity index (χ2n) is 16.5. The number of hydrogen-bond donors (Lipinski definition) is 9. The molecular formula is C52H83NO13. The zero-order valence-corrected chi connectivity index (χ0v) is 39.4. The number of nitrogens with one attached hydrogen (secondary N) is 1. The van der Waals surface area contributed by atoms with Crippen LogP contribution in [0.3, 0.4) is 0 Å². The minimum atomic E-state index is -1.80. The van der Waals surface area contributed by atoms with E-state index in [2.05, 4.69) is 116 Å². The molecule has 66 heavy (non-hydrogen) atoms. The van der Waals surface area contributed by atoms with E-state index in [9.17, 15) is 45.6 Å². The summed E-state index contributed by atoms with van der Waals surface area (Å²) in [6.45, 7) is 2.49. The minimum Gasteiger partial charge on any atom is -0.394 e. The van der Waals surface area contributed by atoms with Crippen LogP contribution in [0.15, 0.2) is 109 Å². The van der Waals surface area contributed by atoms with Gasteiger partial charge in [-0.25, -0.2) is 0 Å². The first-order valence-corrected chi connectivity index (χ1v) is 24.1. The Morgan fingerprint density at radius 2 is 1.05 bits per heavy atom. The number of aliphatic hydroxyl groups excluding tert-OH is 8. The van der Waals surface area contributed by atoms with Gasteiger partial charge in [-0.2, -0.15) is 0 Å². The van der Waals surface area contributed by atoms with Gasteiger partial charge >= 0.3 is 0 Å². The molecule has 2 aliphatic rings. The molecule has 374 valence electrons. The molecule has 2 fully saturated rings. The number of hydrogen-bond acceptors (Lipinski definition) is 13. The van der Waals surface area contributed by atoms with Gasteiger partial charge in [0.1, 0.15) is 48.8 Å². The van der Waals surface area contributed by atoms with E-state index in [-0.39, 0.29) is 18.9 Å². The average molecular weight is 930 g/mol. The van der Waals surface area contributed by atoms with Crippen LogP contribution >= 0.6 is 0 Å². The Morgan fingerprint density at radius 1 is 0.561 bits per heavy atom. The Balaban J connectivity index is 1.88. The number of allylic oxidation sites excluding steroid dienone is 17. The molecule has 0 aromatic rings. The van der Waals surface area contributed by atoms with Crippen molar-refractivity contribution in [3.05, 3.63) is 109 Å². The van der Waals surface area contributed by atoms with E-state index in [0.29, 0.717) is 12.8 Å². The van der Waals surface area contributed by atoms with Gasteiger partial charge in [0.05, 0.1) is 32.0 Å². The quantitative estimate of drug-likeness (QED) is 0.0277. The van der Waals surface area contributed by atoms with Crippen molar-refractivity contribution in [3.8, 4) is 0 Å². The molecule has 2 saturated heterocycles. The minimum absolute atomic E-state index is 0.207. The van der Waals surface area contributed by atoms with Crippen LogP contribution in [0.4, 0.5) is 0 Å². The maximum atomic E-state index is 13.1. The number of unbranched alkanes of at least 4 members (excludes halogenated alkanes) is 5. The molecule has 2 heterocycles. The van der Waals surface area contributed by atoms with Crippen molar-refractivity contribution >= 4 is 5.91 Å². The van der Waals surface area contributed by atoms with Crippen molar-refractivity contribution in [1.82, 2.24) is 5.32 Å². The van der Waals surface area contributed by atoms with Gasteiger partial charge in [0.25, 0.3) is 0 Å². The normalized spacial score (nSPS) is 27.8. The first-order chi connectivity index (χ1) is 32.1. The molecule has 0 spiro atoms. The smallest absolute Gasteiger partial charge is 0.220 e. The van der Waals surface area contributed by atoms with Crippen LogP contribution in [0, 0.1) is 0 Å². The number of carbonyl (C=O) groups is 1. The third-order valence-corrected chi connectivity index (χ3v) is 10.9. The van der Waals surface area contributed by atoms with Crippen LogP contribution < -0.4 is 5.32 Å². The second-order valence-corrected chi connectivity index (χ2v) is 16.5. The molecular weight excluding hydrogens is 847 g/mol. The highest BCUT2D eigenvalue weighted by Crippen LogP contribution is 2.30. The standard InChI is InChI=1S/C52H83NO13/c1-3-5-7-9-11-13-15-16-17-18-19-20-21-22-23-24-26-28-30-32-34-36-44(57)53-40(41(56)35-33-31-29-27-25-14-12-10-8-6-4-2)39-63-51-49(62)47(60)50(43(38-55)65-51)66-52-48(61)46(59)45(58)42(37-54)64-52/h5,7-8,10-11,13,16-17,19-20,22-23,25-28,33,35,40-43,45-52,54-56,58-62H,3-4,6,9,12,14-15,18,21,24,29-32,34,36-39H2,1-2H3,(H,53,57)/b7-5-,10-8+,13-11-,17-16-,20-19-,23-22-,27-25+,28-26-,35-33+. The zero-order chi connectivity index (χ0) is 48.2. The Kier molecular flexibility index (Phi) is 33.5. The number of ether oxygens (including phenoxy) is 4. The summed E-state index contributed by atoms with van der Waals surface area (Å²) < 4.78 is 22.6. The molecule has 9 N–H and O–H groups in total. The summed E-state index contributed by atoms with van der Waals surface area (Å²) in [4.78, 5) is 13.1. The molecule has 14 heteroatoms. The van der Waals surface area contributed by atoms with E-state index >= 15 is 0 Å². The lowest BCUT2D eigenvalue weighted by Crippen LogP contribution is -2.65. The van der Waals surface area contributed by atoms with Crippen LogP contribution in [0.25, 0.3) is 0 Å². The van der Waals surface area contributed by atoms with Crippen molar-refractivity contribution < 1.29 is 64.6 Å². The topological polar surface area (TPSA) is 228 Å². The van der Waals surface area contributed by atoms with Crippen molar-refractivity contribution in [3.63, 3.8) is 0 Å². The molecule has 1 amide bonds. The highest BCUT2D eigenvalue weighted by molar-refractivity contribution is 5.76. The fraction of sp³-hybridized carbons (Fsp3) is 0.635. The van der Waals surface area contributed by atoms with E-state index in [0.717, 1.165) is 83.5 Å². The lowest BCUT2D eigenvalue weighted by molar-refractivity contribution is -0.359. The van der Waals surface area contributed by atoms with Crippen LogP contribution in [-0.4, -0.2) is 140 Å². The van der Waals surface area contributed by atoms with Crippen molar-refractivity contribution in [2.75, 3.05) is 19.8 Å². The second kappa shape index (κ2) is 37.6. The Bertz CT molecular complexity index is 1520. The van der Waals surface area contributed by atoms with Crippen LogP contribution in [0.5, 0.6) is 0 Å². The Hall–Kier alpha value is -3.35. The zero-order valence-electron chi connectivity index (χ0n) is 39.4. The van der Waals surface area contributed by atoms with Gasteiger partial charge in [-0.3, -0.25) is 4.79 Å². The summed E-state index contributed by atoms with van der Waals surface area (Å²) in [5, 5.41) is 86.5. The maximum absolute atomic E-state index is 13.1. The SMILES string of the molecule is CC/C=C\C/C=C\C/C=C\C/C=C\C/C=C\C/C=C\CCCCC(=O)NC(COC1OC(CO)C(OC2OC(CO)C(O)C(O)C2O)C(O)C1O)C(O)/C=C/CC/C=C/CC/C=C/CCC. The molecule has 12 unspecified atom stereocenters. The van der Waals surface area contributed by atoms with Crippen LogP contribution in [-0.2, 0) is 23.7 Å². The number of amides is 1. The third kappa shape index (κ3) is 24.6. The van der Waals surface area contributed by atoms with Gasteiger partial charge in [-0.15, -0.1) is 0 Å². The molecule has 0 aliphatic carbocycles. The monoisotopic (exact) mass is 930 g/mol. The van der Waals surface area contributed by atoms with Crippen molar-refractivity contribution in [2.45, 2.75) is 190 Å². The van der Waals surface area contributed by atoms with E-state index in [4.69, 9.17) is 18.9 Å². The number of rotatable bonds is 34. The van der Waals surface area contributed by atoms with Gasteiger partial charge in [0.2, 0.25) is 5.91 Å². The number of aliphatic hydroxyl groups is 8. The highest BCUT2D eigenvalue weighted by atomic mass is 16.7. The predicted octanol–water partition coefficient (Wildman–Crippen LogP) is 5.76. The Morgan fingerprint density at radius 3 is 1.59 bits per heavy atom. The first-order valence-electron chi connectivity index (χ1n) is 24.1. The average Bonchev–Trinajstić information content (AvgIpc) is 3.31. The molecule has 0 aromatic heterocycles. The van der Waals surface area contributed by atoms with Gasteiger partial charge < -0.3 is 65.1 Å². The summed E-state index contributed by atoms with van der Waals surface area (Å²) in [5.41, 5.74) is 0. The molecule has 0 saturated carbocycles. The lowest BCUT2D eigenvalue weighted by atomic mass is 9.97. The van der Waals surface area contributed by atoms with Crippen molar-refractivity contribution in [1.29, 1.82) is 0 Å². The highest BCUT2D eigenvalue weighted by Gasteiger charge is 2.51. The third-order valence-electron chi connectivity index (χ3n) is 10.9. The van der Waals surface area contributed by atoms with E-state index < -0.39 is 86.8 Å². The molecule has 0 radical (unpaired) electrons. The molecule has 12 atom stereocenters. The van der Waals surface area contributed by atoms with Crippen LogP contribution in [0.1, 0.15) is 117 Å².